The summed E-state index contributed by atoms with van der Waals surface area (Å²) in [7, 11) is 0. The third-order valence-corrected chi connectivity index (χ3v) is 2.56. The molecule has 0 aliphatic heterocycles. The number of hydrogen-bond acceptors (Lipinski definition) is 4. The summed E-state index contributed by atoms with van der Waals surface area (Å²) in [5.74, 6) is 1.39. The highest BCUT2D eigenvalue weighted by Crippen LogP contribution is 2.18. The van der Waals surface area contributed by atoms with Gasteiger partial charge in [0.1, 0.15) is 0 Å². The molecule has 0 aliphatic rings. The van der Waals surface area contributed by atoms with E-state index in [1.807, 2.05) is 24.3 Å². The van der Waals surface area contributed by atoms with Gasteiger partial charge in [-0.1, -0.05) is 38.1 Å². The molecule has 0 aliphatic carbocycles. The predicted octanol–water partition coefficient (Wildman–Crippen LogP) is 2.71. The van der Waals surface area contributed by atoms with E-state index in [0.29, 0.717) is 12.5 Å². The van der Waals surface area contributed by atoms with Crippen molar-refractivity contribution in [1.29, 1.82) is 0 Å². The molecule has 2 rings (SSSR count). The molecule has 1 N–H and O–H groups in total. The van der Waals surface area contributed by atoms with Gasteiger partial charge in [-0.3, -0.25) is 0 Å². The zero-order chi connectivity index (χ0) is 12.8. The smallest absolute Gasteiger partial charge is 0.156 e. The number of ether oxygens (including phenoxy) is 1. The van der Waals surface area contributed by atoms with Gasteiger partial charge in [0.05, 0.1) is 12.8 Å². The second-order valence-corrected chi connectivity index (χ2v) is 4.68. The molecule has 0 amide bonds. The Balaban J connectivity index is 1.91. The number of aromatic nitrogens is 2. The molecule has 1 aromatic carbocycles. The Morgan fingerprint density at radius 3 is 2.94 bits per heavy atom. The fourth-order valence-electron chi connectivity index (χ4n) is 1.72. The average molecular weight is 245 g/mol. The van der Waals surface area contributed by atoms with Crippen LogP contribution in [0.4, 0.5) is 5.82 Å². The molecule has 0 radical (unpaired) electrons. The van der Waals surface area contributed by atoms with Crippen molar-refractivity contribution >= 4 is 16.6 Å². The van der Waals surface area contributed by atoms with Crippen molar-refractivity contribution in [1.82, 2.24) is 10.2 Å². The Hall–Kier alpha value is -1.68. The van der Waals surface area contributed by atoms with E-state index in [2.05, 4.69) is 29.4 Å². The molecule has 4 heteroatoms. The standard InChI is InChI=1S/C14H19N3O/c1-11(2)10-18-8-7-15-14-13-6-4-3-5-12(13)9-16-17-14/h3-6,9,11H,7-8,10H2,1-2H3,(H,15,17). The summed E-state index contributed by atoms with van der Waals surface area (Å²) < 4.78 is 5.52. The molecule has 1 heterocycles. The lowest BCUT2D eigenvalue weighted by atomic mass is 10.2. The highest BCUT2D eigenvalue weighted by atomic mass is 16.5. The van der Waals surface area contributed by atoms with Gasteiger partial charge in [-0.2, -0.15) is 5.10 Å². The van der Waals surface area contributed by atoms with Crippen molar-refractivity contribution in [3.63, 3.8) is 0 Å². The van der Waals surface area contributed by atoms with Crippen LogP contribution in [0, 0.1) is 5.92 Å². The number of fused-ring (bicyclic) bond motifs is 1. The van der Waals surface area contributed by atoms with Gasteiger partial charge in [-0.15, -0.1) is 5.10 Å². The Morgan fingerprint density at radius 1 is 1.28 bits per heavy atom. The Morgan fingerprint density at radius 2 is 2.11 bits per heavy atom. The first-order chi connectivity index (χ1) is 8.77. The zero-order valence-corrected chi connectivity index (χ0v) is 10.9. The number of nitrogens with one attached hydrogen (secondary N) is 1. The monoisotopic (exact) mass is 245 g/mol. The van der Waals surface area contributed by atoms with Crippen LogP contribution in [0.1, 0.15) is 13.8 Å². The predicted molar refractivity (Wildman–Crippen MR) is 73.7 cm³/mol. The summed E-state index contributed by atoms with van der Waals surface area (Å²) in [6.45, 7) is 6.51. The first-order valence-corrected chi connectivity index (χ1v) is 6.29. The Bertz CT molecular complexity index is 494. The largest absolute Gasteiger partial charge is 0.379 e. The summed E-state index contributed by atoms with van der Waals surface area (Å²) in [6, 6.07) is 8.08. The molecule has 1 aromatic heterocycles. The number of anilines is 1. The molecular weight excluding hydrogens is 226 g/mol. The van der Waals surface area contributed by atoms with Gasteiger partial charge in [-0.25, -0.2) is 0 Å². The van der Waals surface area contributed by atoms with Gasteiger partial charge < -0.3 is 10.1 Å². The quantitative estimate of drug-likeness (QED) is 0.795. The van der Waals surface area contributed by atoms with Crippen LogP contribution in [0.3, 0.4) is 0 Å². The minimum Gasteiger partial charge on any atom is -0.379 e. The summed E-state index contributed by atoms with van der Waals surface area (Å²) in [6.07, 6.45) is 1.77. The molecule has 4 nitrogen and oxygen atoms in total. The molecule has 0 spiro atoms. The highest BCUT2D eigenvalue weighted by molar-refractivity contribution is 5.90. The van der Waals surface area contributed by atoms with Gasteiger partial charge in [0.15, 0.2) is 5.82 Å². The molecular formula is C14H19N3O. The van der Waals surface area contributed by atoms with Crippen molar-refractivity contribution in [2.75, 3.05) is 25.1 Å². The number of hydrogen-bond donors (Lipinski definition) is 1. The number of benzene rings is 1. The van der Waals surface area contributed by atoms with Crippen LogP contribution in [0.25, 0.3) is 10.8 Å². The Kier molecular flexibility index (Phi) is 4.47. The van der Waals surface area contributed by atoms with Crippen LogP contribution in [-0.4, -0.2) is 30.0 Å². The van der Waals surface area contributed by atoms with E-state index in [1.54, 1.807) is 6.20 Å². The SMILES string of the molecule is CC(C)COCCNc1nncc2ccccc12. The van der Waals surface area contributed by atoms with Crippen LogP contribution >= 0.6 is 0 Å². The van der Waals surface area contributed by atoms with E-state index in [9.17, 15) is 0 Å². The average Bonchev–Trinajstić information content (AvgIpc) is 2.38. The Labute approximate surface area is 107 Å². The maximum Gasteiger partial charge on any atom is 0.156 e. The molecule has 0 fully saturated rings. The first-order valence-electron chi connectivity index (χ1n) is 6.29. The highest BCUT2D eigenvalue weighted by Gasteiger charge is 2.01. The van der Waals surface area contributed by atoms with E-state index in [4.69, 9.17) is 4.74 Å². The van der Waals surface area contributed by atoms with Crippen molar-refractivity contribution in [3.8, 4) is 0 Å². The van der Waals surface area contributed by atoms with Crippen molar-refractivity contribution < 1.29 is 4.74 Å². The molecule has 0 unspecified atom stereocenters. The molecule has 2 aromatic rings. The lowest BCUT2D eigenvalue weighted by molar-refractivity contribution is 0.118. The van der Waals surface area contributed by atoms with Gasteiger partial charge >= 0.3 is 0 Å². The summed E-state index contributed by atoms with van der Waals surface area (Å²) in [5, 5.41) is 13.6. The molecule has 0 saturated carbocycles. The zero-order valence-electron chi connectivity index (χ0n) is 10.9. The minimum atomic E-state index is 0.572. The lowest BCUT2D eigenvalue weighted by Gasteiger charge is -2.09. The number of nitrogens with zero attached hydrogens (tertiary/aromatic N) is 2. The fraction of sp³-hybridized carbons (Fsp3) is 0.429. The number of rotatable bonds is 6. The minimum absolute atomic E-state index is 0.572. The van der Waals surface area contributed by atoms with E-state index in [1.165, 1.54) is 0 Å². The molecule has 0 bridgehead atoms. The van der Waals surface area contributed by atoms with E-state index in [0.717, 1.165) is 29.7 Å². The van der Waals surface area contributed by atoms with Crippen molar-refractivity contribution in [2.24, 2.45) is 5.92 Å². The normalized spacial score (nSPS) is 11.1. The second kappa shape index (κ2) is 6.31. The second-order valence-electron chi connectivity index (χ2n) is 4.68. The van der Waals surface area contributed by atoms with E-state index < -0.39 is 0 Å². The lowest BCUT2D eigenvalue weighted by Crippen LogP contribution is -2.13. The van der Waals surface area contributed by atoms with Crippen molar-refractivity contribution in [3.05, 3.63) is 30.5 Å². The van der Waals surface area contributed by atoms with E-state index in [-0.39, 0.29) is 0 Å². The topological polar surface area (TPSA) is 47.0 Å². The van der Waals surface area contributed by atoms with Gasteiger partial charge in [0, 0.05) is 23.9 Å². The van der Waals surface area contributed by atoms with Crippen LogP contribution in [0.15, 0.2) is 30.5 Å². The summed E-state index contributed by atoms with van der Waals surface area (Å²) in [4.78, 5) is 0. The summed E-state index contributed by atoms with van der Waals surface area (Å²) in [5.41, 5.74) is 0. The van der Waals surface area contributed by atoms with Crippen LogP contribution < -0.4 is 5.32 Å². The third-order valence-electron chi connectivity index (χ3n) is 2.56. The maximum absolute atomic E-state index is 5.52. The fourth-order valence-corrected chi connectivity index (χ4v) is 1.72. The van der Waals surface area contributed by atoms with Gasteiger partial charge in [-0.05, 0) is 5.92 Å². The molecule has 18 heavy (non-hydrogen) atoms. The van der Waals surface area contributed by atoms with Crippen molar-refractivity contribution in [2.45, 2.75) is 13.8 Å². The van der Waals surface area contributed by atoms with E-state index >= 15 is 0 Å². The summed E-state index contributed by atoms with van der Waals surface area (Å²) >= 11 is 0. The van der Waals surface area contributed by atoms with Gasteiger partial charge in [0.25, 0.3) is 0 Å². The molecule has 96 valence electrons. The van der Waals surface area contributed by atoms with Gasteiger partial charge in [0.2, 0.25) is 0 Å². The maximum atomic E-state index is 5.52. The first kappa shape index (κ1) is 12.8. The van der Waals surface area contributed by atoms with Crippen LogP contribution in [-0.2, 0) is 4.74 Å². The molecule has 0 saturated heterocycles. The molecule has 0 atom stereocenters. The van der Waals surface area contributed by atoms with Crippen LogP contribution in [0.2, 0.25) is 0 Å². The van der Waals surface area contributed by atoms with Crippen LogP contribution in [0.5, 0.6) is 0 Å². The third kappa shape index (κ3) is 3.40.